The summed E-state index contributed by atoms with van der Waals surface area (Å²) in [5, 5.41) is 0. The van der Waals surface area contributed by atoms with E-state index in [1.54, 1.807) is 6.92 Å². The van der Waals surface area contributed by atoms with Crippen LogP contribution in [0.5, 0.6) is 0 Å². The third-order valence-electron chi connectivity index (χ3n) is 3.14. The zero-order valence-corrected chi connectivity index (χ0v) is 11.2. The number of hydrogen-bond donors (Lipinski definition) is 0. The van der Waals surface area contributed by atoms with Crippen LogP contribution in [0, 0.1) is 0 Å². The smallest absolute Gasteiger partial charge is 0.333 e. The summed E-state index contributed by atoms with van der Waals surface area (Å²) < 4.78 is 5.24. The Hall–Kier alpha value is -0.830. The first-order valence-electron chi connectivity index (χ1n) is 6.71. The maximum atomic E-state index is 11.3. The van der Waals surface area contributed by atoms with Crippen LogP contribution < -0.4 is 0 Å². The summed E-state index contributed by atoms with van der Waals surface area (Å²) in [6.07, 6.45) is 6.23. The molecule has 3 nitrogen and oxygen atoms in total. The minimum absolute atomic E-state index is 0.259. The van der Waals surface area contributed by atoms with E-state index in [1.165, 1.54) is 25.7 Å². The van der Waals surface area contributed by atoms with E-state index >= 15 is 0 Å². The SMILES string of the molecule is C=C(C)C(=O)OCC(CCCCCC)N1CC1. The molecule has 1 saturated heterocycles. The van der Waals surface area contributed by atoms with Gasteiger partial charge in [-0.25, -0.2) is 4.79 Å². The summed E-state index contributed by atoms with van der Waals surface area (Å²) in [4.78, 5) is 13.7. The van der Waals surface area contributed by atoms with Gasteiger partial charge in [-0.2, -0.15) is 0 Å². The van der Waals surface area contributed by atoms with Gasteiger partial charge in [-0.3, -0.25) is 4.90 Å². The molecule has 1 rings (SSSR count). The predicted octanol–water partition coefficient (Wildman–Crippen LogP) is 2.76. The maximum absolute atomic E-state index is 11.3. The molecule has 0 aliphatic carbocycles. The summed E-state index contributed by atoms with van der Waals surface area (Å²) in [5.41, 5.74) is 0.487. The molecule has 17 heavy (non-hydrogen) atoms. The zero-order chi connectivity index (χ0) is 12.7. The van der Waals surface area contributed by atoms with Gasteiger partial charge in [0, 0.05) is 24.7 Å². The average molecular weight is 239 g/mol. The van der Waals surface area contributed by atoms with Gasteiger partial charge in [-0.1, -0.05) is 39.2 Å². The minimum atomic E-state index is -0.259. The molecule has 0 bridgehead atoms. The Morgan fingerprint density at radius 1 is 1.35 bits per heavy atom. The Morgan fingerprint density at radius 2 is 2.06 bits per heavy atom. The largest absolute Gasteiger partial charge is 0.461 e. The number of hydrogen-bond acceptors (Lipinski definition) is 3. The van der Waals surface area contributed by atoms with Gasteiger partial charge in [0.15, 0.2) is 0 Å². The van der Waals surface area contributed by atoms with Crippen LogP contribution in [0.3, 0.4) is 0 Å². The van der Waals surface area contributed by atoms with E-state index in [4.69, 9.17) is 4.74 Å². The molecule has 1 heterocycles. The van der Waals surface area contributed by atoms with Crippen molar-refractivity contribution in [1.29, 1.82) is 0 Å². The molecule has 0 radical (unpaired) electrons. The summed E-state index contributed by atoms with van der Waals surface area (Å²) in [7, 11) is 0. The second-order valence-corrected chi connectivity index (χ2v) is 4.92. The molecule has 0 N–H and O–H groups in total. The van der Waals surface area contributed by atoms with Crippen LogP contribution in [0.1, 0.15) is 46.0 Å². The van der Waals surface area contributed by atoms with Crippen molar-refractivity contribution >= 4 is 5.97 Å². The standard InChI is InChI=1S/C14H25NO2/c1-4-5-6-7-8-13(15-9-10-15)11-17-14(16)12(2)3/h13H,2,4-11H2,1,3H3. The van der Waals surface area contributed by atoms with Crippen molar-refractivity contribution in [1.82, 2.24) is 4.90 Å². The van der Waals surface area contributed by atoms with Gasteiger partial charge in [-0.05, 0) is 13.3 Å². The topological polar surface area (TPSA) is 29.3 Å². The lowest BCUT2D eigenvalue weighted by Crippen LogP contribution is -2.26. The lowest BCUT2D eigenvalue weighted by atomic mass is 10.1. The molecular formula is C14H25NO2. The Labute approximate surface area is 105 Å². The van der Waals surface area contributed by atoms with Crippen LogP contribution in [0.2, 0.25) is 0 Å². The highest BCUT2D eigenvalue weighted by molar-refractivity contribution is 5.86. The van der Waals surface area contributed by atoms with Crippen LogP contribution in [0.25, 0.3) is 0 Å². The lowest BCUT2D eigenvalue weighted by Gasteiger charge is -2.18. The summed E-state index contributed by atoms with van der Waals surface area (Å²) in [6.45, 7) is 10.3. The highest BCUT2D eigenvalue weighted by Gasteiger charge is 2.28. The van der Waals surface area contributed by atoms with Crippen LogP contribution in [0.15, 0.2) is 12.2 Å². The molecule has 1 unspecified atom stereocenters. The zero-order valence-electron chi connectivity index (χ0n) is 11.2. The highest BCUT2D eigenvalue weighted by atomic mass is 16.5. The number of nitrogens with zero attached hydrogens (tertiary/aromatic N) is 1. The van der Waals surface area contributed by atoms with Crippen molar-refractivity contribution in [2.45, 2.75) is 52.0 Å². The van der Waals surface area contributed by atoms with E-state index in [0.29, 0.717) is 18.2 Å². The monoisotopic (exact) mass is 239 g/mol. The van der Waals surface area contributed by atoms with E-state index in [-0.39, 0.29) is 5.97 Å². The molecule has 0 saturated carbocycles. The lowest BCUT2D eigenvalue weighted by molar-refractivity contribution is -0.140. The number of ether oxygens (including phenoxy) is 1. The van der Waals surface area contributed by atoms with Crippen LogP contribution in [-0.2, 0) is 9.53 Å². The normalized spacial score (nSPS) is 16.6. The Morgan fingerprint density at radius 3 is 2.59 bits per heavy atom. The molecule has 0 aromatic heterocycles. The third-order valence-corrected chi connectivity index (χ3v) is 3.14. The minimum Gasteiger partial charge on any atom is -0.461 e. The Balaban J connectivity index is 2.19. The predicted molar refractivity (Wildman–Crippen MR) is 69.9 cm³/mol. The average Bonchev–Trinajstić information content (AvgIpc) is 3.11. The second kappa shape index (κ2) is 7.49. The van der Waals surface area contributed by atoms with Crippen molar-refractivity contribution < 1.29 is 9.53 Å². The first-order valence-corrected chi connectivity index (χ1v) is 6.71. The van der Waals surface area contributed by atoms with Crippen molar-refractivity contribution in [2.24, 2.45) is 0 Å². The number of rotatable bonds is 9. The Bertz CT molecular complexity index is 259. The molecular weight excluding hydrogens is 214 g/mol. The van der Waals surface area contributed by atoms with E-state index in [1.807, 2.05) is 0 Å². The van der Waals surface area contributed by atoms with Crippen LogP contribution in [0.4, 0.5) is 0 Å². The van der Waals surface area contributed by atoms with Gasteiger partial charge in [0.1, 0.15) is 6.61 Å². The summed E-state index contributed by atoms with van der Waals surface area (Å²) in [5.74, 6) is -0.259. The van der Waals surface area contributed by atoms with Gasteiger partial charge >= 0.3 is 5.97 Å². The molecule has 0 aromatic carbocycles. The molecule has 3 heteroatoms. The van der Waals surface area contributed by atoms with E-state index < -0.39 is 0 Å². The maximum Gasteiger partial charge on any atom is 0.333 e. The number of carbonyl (C=O) groups excluding carboxylic acids is 1. The fraction of sp³-hybridized carbons (Fsp3) is 0.786. The van der Waals surface area contributed by atoms with Gasteiger partial charge in [0.25, 0.3) is 0 Å². The second-order valence-electron chi connectivity index (χ2n) is 4.92. The van der Waals surface area contributed by atoms with Crippen molar-refractivity contribution in [3.63, 3.8) is 0 Å². The summed E-state index contributed by atoms with van der Waals surface area (Å²) >= 11 is 0. The molecule has 1 atom stereocenters. The molecule has 98 valence electrons. The molecule has 1 aliphatic rings. The Kier molecular flexibility index (Phi) is 6.27. The van der Waals surface area contributed by atoms with Crippen LogP contribution in [-0.4, -0.2) is 36.6 Å². The quantitative estimate of drug-likeness (QED) is 0.268. The van der Waals surface area contributed by atoms with E-state index in [2.05, 4.69) is 18.4 Å². The molecule has 0 amide bonds. The van der Waals surface area contributed by atoms with E-state index in [9.17, 15) is 4.79 Å². The molecule has 0 aromatic rings. The summed E-state index contributed by atoms with van der Waals surface area (Å²) in [6, 6.07) is 0.426. The van der Waals surface area contributed by atoms with Crippen molar-refractivity contribution in [3.05, 3.63) is 12.2 Å². The third kappa shape index (κ3) is 5.87. The van der Waals surface area contributed by atoms with E-state index in [0.717, 1.165) is 19.5 Å². The van der Waals surface area contributed by atoms with Crippen LogP contribution >= 0.6 is 0 Å². The molecule has 0 spiro atoms. The molecule has 1 fully saturated rings. The fourth-order valence-electron chi connectivity index (χ4n) is 1.90. The van der Waals surface area contributed by atoms with Gasteiger partial charge in [0.05, 0.1) is 0 Å². The number of unbranched alkanes of at least 4 members (excludes halogenated alkanes) is 3. The van der Waals surface area contributed by atoms with Crippen molar-refractivity contribution in [3.8, 4) is 0 Å². The van der Waals surface area contributed by atoms with Crippen molar-refractivity contribution in [2.75, 3.05) is 19.7 Å². The number of esters is 1. The first kappa shape index (κ1) is 14.2. The number of carbonyl (C=O) groups is 1. The highest BCUT2D eigenvalue weighted by Crippen LogP contribution is 2.18. The van der Waals surface area contributed by atoms with Gasteiger partial charge in [-0.15, -0.1) is 0 Å². The van der Waals surface area contributed by atoms with Gasteiger partial charge in [0.2, 0.25) is 0 Å². The van der Waals surface area contributed by atoms with Gasteiger partial charge < -0.3 is 4.74 Å². The molecule has 1 aliphatic heterocycles. The fourth-order valence-corrected chi connectivity index (χ4v) is 1.90. The first-order chi connectivity index (χ1) is 8.15.